The van der Waals surface area contributed by atoms with E-state index in [1.54, 1.807) is 6.92 Å². The summed E-state index contributed by atoms with van der Waals surface area (Å²) in [7, 11) is 0.303. The summed E-state index contributed by atoms with van der Waals surface area (Å²) >= 11 is 0. The molecule has 0 fully saturated rings. The van der Waals surface area contributed by atoms with Crippen molar-refractivity contribution in [1.82, 2.24) is 0 Å². The highest BCUT2D eigenvalue weighted by atomic mass is 31.1. The van der Waals surface area contributed by atoms with Gasteiger partial charge < -0.3 is 4.74 Å². The second-order valence-electron chi connectivity index (χ2n) is 9.46. The third-order valence-corrected chi connectivity index (χ3v) is 7.86. The topological polar surface area (TPSA) is 26.3 Å². The minimum atomic E-state index is 0.0878. The lowest BCUT2D eigenvalue weighted by Gasteiger charge is -2.20. The van der Waals surface area contributed by atoms with Gasteiger partial charge in [-0.2, -0.15) is 0 Å². The highest BCUT2D eigenvalue weighted by Gasteiger charge is 2.17. The van der Waals surface area contributed by atoms with Gasteiger partial charge in [0.2, 0.25) is 0 Å². The van der Waals surface area contributed by atoms with Gasteiger partial charge in [-0.15, -0.1) is 0 Å². The van der Waals surface area contributed by atoms with Crippen molar-refractivity contribution >= 4 is 25.0 Å². The van der Waals surface area contributed by atoms with Crippen LogP contribution in [0.4, 0.5) is 0 Å². The molecule has 5 rings (SSSR count). The third kappa shape index (κ3) is 6.65. The van der Waals surface area contributed by atoms with E-state index in [0.29, 0.717) is 15.2 Å². The summed E-state index contributed by atoms with van der Waals surface area (Å²) in [5, 5.41) is 2.18. The maximum Gasteiger partial charge on any atom is 0.160 e. The Morgan fingerprint density at radius 1 is 0.605 bits per heavy atom. The van der Waals surface area contributed by atoms with Crippen molar-refractivity contribution in [2.24, 2.45) is 0 Å². The molecule has 0 aliphatic carbocycles. The number of ketones is 1. The summed E-state index contributed by atoms with van der Waals surface area (Å²) in [5.41, 5.74) is 6.84. The molecular weight excluding hydrogens is 483 g/mol. The molecule has 0 heterocycles. The van der Waals surface area contributed by atoms with Crippen molar-refractivity contribution in [3.05, 3.63) is 161 Å². The molecule has 5 aromatic rings. The van der Waals surface area contributed by atoms with E-state index < -0.39 is 0 Å². The van der Waals surface area contributed by atoms with Crippen LogP contribution in [-0.4, -0.2) is 5.78 Å². The van der Waals surface area contributed by atoms with Gasteiger partial charge in [-0.05, 0) is 52.5 Å². The molecule has 3 heteroatoms. The van der Waals surface area contributed by atoms with Gasteiger partial charge in [0.15, 0.2) is 5.78 Å². The maximum absolute atomic E-state index is 12.4. The van der Waals surface area contributed by atoms with Gasteiger partial charge in [-0.3, -0.25) is 4.79 Å². The molecule has 188 valence electrons. The lowest BCUT2D eigenvalue weighted by atomic mass is 9.98. The molecular formula is C35H31O2P. The number of carbonyl (C=O) groups is 1. The van der Waals surface area contributed by atoms with Crippen LogP contribution in [0.5, 0.6) is 5.75 Å². The van der Waals surface area contributed by atoms with E-state index in [9.17, 15) is 4.79 Å². The van der Waals surface area contributed by atoms with Crippen LogP contribution in [0.25, 0.3) is 0 Å². The Hall–Kier alpha value is -4.00. The van der Waals surface area contributed by atoms with Gasteiger partial charge in [-0.25, -0.2) is 0 Å². The Kier molecular flexibility index (Phi) is 8.43. The molecule has 0 saturated carbocycles. The summed E-state index contributed by atoms with van der Waals surface area (Å²) in [6.07, 6.45) is 1.62. The quantitative estimate of drug-likeness (QED) is 0.145. The Morgan fingerprint density at radius 3 is 1.79 bits per heavy atom. The number of rotatable bonds is 10. The normalized spacial score (nSPS) is 11.1. The van der Waals surface area contributed by atoms with Gasteiger partial charge >= 0.3 is 0 Å². The SMILES string of the molecule is CC(=O)c1ccccc1Pc1cc(Cc2ccccc2)cc(Cc2ccccc2)c1OCc1ccccc1. The van der Waals surface area contributed by atoms with E-state index in [1.165, 1.54) is 22.3 Å². The first-order valence-corrected chi connectivity index (χ1v) is 13.9. The summed E-state index contributed by atoms with van der Waals surface area (Å²) in [6, 6.07) is 43.9. The molecule has 0 aliphatic heterocycles. The molecule has 38 heavy (non-hydrogen) atoms. The first kappa shape index (κ1) is 25.6. The highest BCUT2D eigenvalue weighted by Crippen LogP contribution is 2.30. The Labute approximate surface area is 227 Å². The number of carbonyl (C=O) groups excluding carboxylic acids is 1. The van der Waals surface area contributed by atoms with Crippen molar-refractivity contribution in [3.63, 3.8) is 0 Å². The average Bonchev–Trinajstić information content (AvgIpc) is 2.94. The van der Waals surface area contributed by atoms with Gasteiger partial charge in [-0.1, -0.05) is 130 Å². The van der Waals surface area contributed by atoms with Crippen molar-refractivity contribution in [2.75, 3.05) is 0 Å². The molecule has 0 amide bonds. The zero-order valence-electron chi connectivity index (χ0n) is 21.6. The van der Waals surface area contributed by atoms with Gasteiger partial charge in [0.25, 0.3) is 0 Å². The van der Waals surface area contributed by atoms with Crippen LogP contribution in [0.3, 0.4) is 0 Å². The second kappa shape index (κ2) is 12.5. The summed E-state index contributed by atoms with van der Waals surface area (Å²) in [5.74, 6) is 1.01. The molecule has 5 aromatic carbocycles. The van der Waals surface area contributed by atoms with Crippen molar-refractivity contribution < 1.29 is 9.53 Å². The Morgan fingerprint density at radius 2 is 1.16 bits per heavy atom. The third-order valence-electron chi connectivity index (χ3n) is 6.52. The van der Waals surface area contributed by atoms with Crippen LogP contribution in [0.1, 0.15) is 45.1 Å². The molecule has 0 aromatic heterocycles. The minimum Gasteiger partial charge on any atom is -0.488 e. The van der Waals surface area contributed by atoms with Crippen LogP contribution in [0.15, 0.2) is 127 Å². The van der Waals surface area contributed by atoms with E-state index in [1.807, 2.05) is 42.5 Å². The molecule has 0 N–H and O–H groups in total. The maximum atomic E-state index is 12.4. The predicted octanol–water partition coefficient (Wildman–Crippen LogP) is 7.28. The van der Waals surface area contributed by atoms with Crippen molar-refractivity contribution in [1.29, 1.82) is 0 Å². The van der Waals surface area contributed by atoms with Gasteiger partial charge in [0.1, 0.15) is 12.4 Å². The van der Waals surface area contributed by atoms with Crippen LogP contribution in [-0.2, 0) is 19.4 Å². The first-order chi connectivity index (χ1) is 18.7. The van der Waals surface area contributed by atoms with E-state index >= 15 is 0 Å². The summed E-state index contributed by atoms with van der Waals surface area (Å²) < 4.78 is 6.63. The number of benzene rings is 5. The van der Waals surface area contributed by atoms with Gasteiger partial charge in [0, 0.05) is 17.3 Å². The molecule has 0 saturated heterocycles. The van der Waals surface area contributed by atoms with Crippen molar-refractivity contribution in [2.45, 2.75) is 26.4 Å². The summed E-state index contributed by atoms with van der Waals surface area (Å²) in [6.45, 7) is 2.13. The molecule has 0 bridgehead atoms. The molecule has 2 nitrogen and oxygen atoms in total. The van der Waals surface area contributed by atoms with Crippen LogP contribution < -0.4 is 15.3 Å². The first-order valence-electron chi connectivity index (χ1n) is 12.9. The zero-order chi connectivity index (χ0) is 26.2. The number of ether oxygens (including phenoxy) is 1. The van der Waals surface area contributed by atoms with Crippen LogP contribution in [0.2, 0.25) is 0 Å². The van der Waals surface area contributed by atoms with Gasteiger partial charge in [0.05, 0.1) is 0 Å². The monoisotopic (exact) mass is 514 g/mol. The Bertz CT molecular complexity index is 1500. The number of hydrogen-bond acceptors (Lipinski definition) is 2. The average molecular weight is 515 g/mol. The molecule has 0 aliphatic rings. The predicted molar refractivity (Wildman–Crippen MR) is 160 cm³/mol. The van der Waals surface area contributed by atoms with E-state index in [2.05, 4.69) is 84.9 Å². The minimum absolute atomic E-state index is 0.0878. The van der Waals surface area contributed by atoms with Crippen LogP contribution in [0, 0.1) is 0 Å². The van der Waals surface area contributed by atoms with E-state index in [0.717, 1.165) is 40.3 Å². The lowest BCUT2D eigenvalue weighted by Crippen LogP contribution is -2.16. The fourth-order valence-electron chi connectivity index (χ4n) is 4.67. The Balaban J connectivity index is 1.60. The second-order valence-corrected chi connectivity index (χ2v) is 10.8. The highest BCUT2D eigenvalue weighted by molar-refractivity contribution is 7.56. The smallest absolute Gasteiger partial charge is 0.160 e. The van der Waals surface area contributed by atoms with E-state index in [-0.39, 0.29) is 5.78 Å². The lowest BCUT2D eigenvalue weighted by molar-refractivity contribution is 0.101. The van der Waals surface area contributed by atoms with Crippen molar-refractivity contribution in [3.8, 4) is 5.75 Å². The molecule has 1 atom stereocenters. The number of hydrogen-bond donors (Lipinski definition) is 0. The van der Waals surface area contributed by atoms with Crippen LogP contribution >= 0.6 is 8.58 Å². The molecule has 1 unspecified atom stereocenters. The standard InChI is InChI=1S/C35H31O2P/c1-26(36)32-19-11-12-20-33(32)38-34-24-30(21-27-13-5-2-6-14-27)23-31(22-28-15-7-3-8-16-28)35(34)37-25-29-17-9-4-10-18-29/h2-20,23-24,38H,21-22,25H2,1H3. The molecule has 0 radical (unpaired) electrons. The largest absolute Gasteiger partial charge is 0.488 e. The number of Topliss-reactive ketones (excluding diaryl/α,β-unsaturated/α-hetero) is 1. The van der Waals surface area contributed by atoms with E-state index in [4.69, 9.17) is 4.74 Å². The fourth-order valence-corrected chi connectivity index (χ4v) is 6.14. The summed E-state index contributed by atoms with van der Waals surface area (Å²) in [4.78, 5) is 12.4. The zero-order valence-corrected chi connectivity index (χ0v) is 22.6. The molecule has 0 spiro atoms. The fraction of sp³-hybridized carbons (Fsp3) is 0.114.